The van der Waals surface area contributed by atoms with Gasteiger partial charge >= 0.3 is 0 Å². The highest BCUT2D eigenvalue weighted by molar-refractivity contribution is 5.61. The van der Waals surface area contributed by atoms with Crippen LogP contribution in [0.5, 0.6) is 11.6 Å². The van der Waals surface area contributed by atoms with Gasteiger partial charge in [0.15, 0.2) is 0 Å². The third kappa shape index (κ3) is 4.27. The summed E-state index contributed by atoms with van der Waals surface area (Å²) in [5.41, 5.74) is 6.98. The largest absolute Gasteiger partial charge is 0.497 e. The summed E-state index contributed by atoms with van der Waals surface area (Å²) in [4.78, 5) is 4.41. The van der Waals surface area contributed by atoms with E-state index in [9.17, 15) is 0 Å². The number of hydrogen-bond donors (Lipinski definition) is 2. The van der Waals surface area contributed by atoms with Gasteiger partial charge in [-0.25, -0.2) is 0 Å². The van der Waals surface area contributed by atoms with E-state index in [1.54, 1.807) is 13.2 Å². The molecule has 1 aromatic carbocycles. The molecule has 0 spiro atoms. The summed E-state index contributed by atoms with van der Waals surface area (Å²) in [7, 11) is 1.64. The maximum Gasteiger partial charge on any atom is 0.239 e. The number of nitrogen functional groups attached to an aromatic ring is 1. The molecular weight excluding hydrogens is 266 g/mol. The molecule has 5 nitrogen and oxygen atoms in total. The van der Waals surface area contributed by atoms with Crippen LogP contribution in [0.15, 0.2) is 36.4 Å². The number of benzene rings is 1. The van der Waals surface area contributed by atoms with Gasteiger partial charge in [-0.05, 0) is 57.2 Å². The van der Waals surface area contributed by atoms with Gasteiger partial charge in [0.25, 0.3) is 0 Å². The van der Waals surface area contributed by atoms with Crippen LogP contribution in [-0.2, 0) is 0 Å². The minimum Gasteiger partial charge on any atom is -0.497 e. The number of aromatic nitrogens is 1. The number of methoxy groups -OCH3 is 1. The van der Waals surface area contributed by atoms with Gasteiger partial charge in [-0.15, -0.1) is 0 Å². The van der Waals surface area contributed by atoms with Gasteiger partial charge < -0.3 is 20.5 Å². The average Bonchev–Trinajstić information content (AvgIpc) is 2.42. The Morgan fingerprint density at radius 1 is 1.05 bits per heavy atom. The molecule has 21 heavy (non-hydrogen) atoms. The second-order valence-electron chi connectivity index (χ2n) is 5.66. The van der Waals surface area contributed by atoms with Crippen LogP contribution in [0.1, 0.15) is 20.8 Å². The first-order valence-electron chi connectivity index (χ1n) is 6.74. The minimum absolute atomic E-state index is 0.347. The smallest absolute Gasteiger partial charge is 0.239 e. The van der Waals surface area contributed by atoms with Gasteiger partial charge in [-0.1, -0.05) is 0 Å². The molecule has 0 bridgehead atoms. The van der Waals surface area contributed by atoms with E-state index in [0.717, 1.165) is 11.4 Å². The highest BCUT2D eigenvalue weighted by atomic mass is 16.5. The van der Waals surface area contributed by atoms with Crippen molar-refractivity contribution in [2.24, 2.45) is 0 Å². The standard InChI is InChI=1S/C16H21N3O2/c1-16(2,3)21-15-13(17)9-10-14(19-15)18-11-5-7-12(20-4)8-6-11/h5-10H,17H2,1-4H3,(H,18,19). The van der Waals surface area contributed by atoms with Crippen LogP contribution in [0.25, 0.3) is 0 Å². The van der Waals surface area contributed by atoms with Crippen LogP contribution in [0.2, 0.25) is 0 Å². The van der Waals surface area contributed by atoms with Gasteiger partial charge in [0, 0.05) is 5.69 Å². The molecular formula is C16H21N3O2. The summed E-state index contributed by atoms with van der Waals surface area (Å²) >= 11 is 0. The van der Waals surface area contributed by atoms with E-state index in [2.05, 4.69) is 10.3 Å². The molecule has 0 radical (unpaired) electrons. The third-order valence-electron chi connectivity index (χ3n) is 2.65. The molecule has 0 aliphatic rings. The summed E-state index contributed by atoms with van der Waals surface area (Å²) in [6.45, 7) is 5.87. The molecule has 112 valence electrons. The quantitative estimate of drug-likeness (QED) is 0.899. The Balaban J connectivity index is 2.18. The second-order valence-corrected chi connectivity index (χ2v) is 5.66. The molecule has 0 unspecified atom stereocenters. The minimum atomic E-state index is -0.347. The van der Waals surface area contributed by atoms with E-state index in [-0.39, 0.29) is 5.60 Å². The molecule has 0 aliphatic carbocycles. The Bertz CT molecular complexity index is 604. The fourth-order valence-electron chi connectivity index (χ4n) is 1.71. The molecule has 0 saturated heterocycles. The van der Waals surface area contributed by atoms with Crippen molar-refractivity contribution < 1.29 is 9.47 Å². The van der Waals surface area contributed by atoms with E-state index < -0.39 is 0 Å². The third-order valence-corrected chi connectivity index (χ3v) is 2.65. The predicted octanol–water partition coefficient (Wildman–Crippen LogP) is 3.59. The number of rotatable bonds is 4. The van der Waals surface area contributed by atoms with Crippen LogP contribution in [-0.4, -0.2) is 17.7 Å². The second kappa shape index (κ2) is 5.91. The van der Waals surface area contributed by atoms with Gasteiger partial charge in [-0.2, -0.15) is 4.98 Å². The molecule has 3 N–H and O–H groups in total. The maximum absolute atomic E-state index is 5.90. The Hall–Kier alpha value is -2.43. The van der Waals surface area contributed by atoms with Crippen molar-refractivity contribution in [2.75, 3.05) is 18.2 Å². The topological polar surface area (TPSA) is 69.4 Å². The van der Waals surface area contributed by atoms with Gasteiger partial charge in [0.2, 0.25) is 5.88 Å². The number of nitrogens with two attached hydrogens (primary N) is 1. The Kier molecular flexibility index (Phi) is 4.21. The van der Waals surface area contributed by atoms with Crippen molar-refractivity contribution in [2.45, 2.75) is 26.4 Å². The number of nitrogens with one attached hydrogen (secondary N) is 1. The number of pyridine rings is 1. The monoisotopic (exact) mass is 287 g/mol. The van der Waals surface area contributed by atoms with E-state index in [1.807, 2.05) is 51.1 Å². The molecule has 0 saturated carbocycles. The Morgan fingerprint density at radius 2 is 1.71 bits per heavy atom. The number of nitrogens with zero attached hydrogens (tertiary/aromatic N) is 1. The summed E-state index contributed by atoms with van der Waals surface area (Å²) in [5, 5.41) is 3.21. The summed E-state index contributed by atoms with van der Waals surface area (Å²) in [5.74, 6) is 1.91. The number of hydrogen-bond acceptors (Lipinski definition) is 5. The Labute approximate surface area is 125 Å². The van der Waals surface area contributed by atoms with E-state index in [1.165, 1.54) is 0 Å². The van der Waals surface area contributed by atoms with Crippen LogP contribution in [0.3, 0.4) is 0 Å². The Morgan fingerprint density at radius 3 is 2.29 bits per heavy atom. The highest BCUT2D eigenvalue weighted by Gasteiger charge is 2.15. The highest BCUT2D eigenvalue weighted by Crippen LogP contribution is 2.26. The van der Waals surface area contributed by atoms with Crippen LogP contribution < -0.4 is 20.5 Å². The molecule has 0 aliphatic heterocycles. The van der Waals surface area contributed by atoms with Crippen molar-refractivity contribution in [3.8, 4) is 11.6 Å². The molecule has 2 rings (SSSR count). The van der Waals surface area contributed by atoms with Crippen molar-refractivity contribution in [3.05, 3.63) is 36.4 Å². The first-order chi connectivity index (χ1) is 9.87. The van der Waals surface area contributed by atoms with Gasteiger partial charge in [0.05, 0.1) is 12.8 Å². The lowest BCUT2D eigenvalue weighted by Crippen LogP contribution is -2.24. The summed E-state index contributed by atoms with van der Waals surface area (Å²) < 4.78 is 10.9. The molecule has 1 aromatic heterocycles. The molecule has 0 atom stereocenters. The zero-order valence-electron chi connectivity index (χ0n) is 12.8. The molecule has 0 amide bonds. The van der Waals surface area contributed by atoms with E-state index in [0.29, 0.717) is 17.4 Å². The van der Waals surface area contributed by atoms with Gasteiger partial charge in [0.1, 0.15) is 17.2 Å². The van der Waals surface area contributed by atoms with E-state index in [4.69, 9.17) is 15.2 Å². The zero-order valence-corrected chi connectivity index (χ0v) is 12.8. The van der Waals surface area contributed by atoms with E-state index >= 15 is 0 Å². The molecule has 5 heteroatoms. The van der Waals surface area contributed by atoms with Crippen molar-refractivity contribution >= 4 is 17.2 Å². The normalized spacial score (nSPS) is 11.0. The first-order valence-corrected chi connectivity index (χ1v) is 6.74. The number of ether oxygens (including phenoxy) is 2. The molecule has 2 aromatic rings. The van der Waals surface area contributed by atoms with Crippen molar-refractivity contribution in [1.29, 1.82) is 0 Å². The fourth-order valence-corrected chi connectivity index (χ4v) is 1.71. The zero-order chi connectivity index (χ0) is 15.5. The fraction of sp³-hybridized carbons (Fsp3) is 0.312. The SMILES string of the molecule is COc1ccc(Nc2ccc(N)c(OC(C)(C)C)n2)cc1. The summed E-state index contributed by atoms with van der Waals surface area (Å²) in [6.07, 6.45) is 0. The summed E-state index contributed by atoms with van der Waals surface area (Å²) in [6, 6.07) is 11.2. The number of anilines is 3. The van der Waals surface area contributed by atoms with Crippen molar-refractivity contribution in [3.63, 3.8) is 0 Å². The maximum atomic E-state index is 5.90. The van der Waals surface area contributed by atoms with Crippen molar-refractivity contribution in [1.82, 2.24) is 4.98 Å². The molecule has 0 fully saturated rings. The lowest BCUT2D eigenvalue weighted by Gasteiger charge is -2.21. The van der Waals surface area contributed by atoms with Crippen LogP contribution in [0, 0.1) is 0 Å². The lowest BCUT2D eigenvalue weighted by atomic mass is 10.2. The van der Waals surface area contributed by atoms with Gasteiger partial charge in [-0.3, -0.25) is 0 Å². The first kappa shape index (κ1) is 15.0. The predicted molar refractivity (Wildman–Crippen MR) is 85.3 cm³/mol. The average molecular weight is 287 g/mol. The van der Waals surface area contributed by atoms with Crippen LogP contribution in [0.4, 0.5) is 17.2 Å². The lowest BCUT2D eigenvalue weighted by molar-refractivity contribution is 0.125. The molecule has 1 heterocycles. The van der Waals surface area contributed by atoms with Crippen LogP contribution >= 0.6 is 0 Å².